The average Bonchev–Trinajstić information content (AvgIpc) is 3.17. The minimum Gasteiger partial charge on any atom is -0.358 e. The Morgan fingerprint density at radius 2 is 2.10 bits per heavy atom. The van der Waals surface area contributed by atoms with Gasteiger partial charge in [-0.25, -0.2) is 0 Å². The van der Waals surface area contributed by atoms with Crippen molar-refractivity contribution in [2.75, 3.05) is 31.5 Å². The summed E-state index contributed by atoms with van der Waals surface area (Å²) in [7, 11) is 0. The number of fused-ring (bicyclic) bond motifs is 1. The Labute approximate surface area is 185 Å². The van der Waals surface area contributed by atoms with Crippen molar-refractivity contribution in [1.29, 1.82) is 0 Å². The number of carbonyl (C=O) groups is 3. The second-order valence-corrected chi connectivity index (χ2v) is 8.48. The van der Waals surface area contributed by atoms with Crippen molar-refractivity contribution in [2.45, 2.75) is 26.7 Å². The van der Waals surface area contributed by atoms with Gasteiger partial charge in [-0.3, -0.25) is 19.3 Å². The molecule has 8 heteroatoms. The molecule has 2 aliphatic rings. The molecule has 1 aromatic heterocycles. The van der Waals surface area contributed by atoms with Crippen LogP contribution in [0.2, 0.25) is 5.02 Å². The summed E-state index contributed by atoms with van der Waals surface area (Å²) >= 11 is 6.10. The fourth-order valence-corrected chi connectivity index (χ4v) is 4.39. The number of nitrogens with one attached hydrogen (secondary N) is 3. The van der Waals surface area contributed by atoms with E-state index in [0.717, 1.165) is 35.5 Å². The van der Waals surface area contributed by atoms with E-state index in [0.29, 0.717) is 47.9 Å². The molecule has 2 amide bonds. The maximum atomic E-state index is 12.8. The number of hydrogen-bond acceptors (Lipinski definition) is 4. The first-order valence-corrected chi connectivity index (χ1v) is 10.8. The molecule has 3 heterocycles. The van der Waals surface area contributed by atoms with Crippen LogP contribution in [-0.4, -0.2) is 53.7 Å². The molecule has 1 aromatic carbocycles. The van der Waals surface area contributed by atoms with Crippen LogP contribution in [0.4, 0.5) is 5.69 Å². The number of rotatable bonds is 5. The van der Waals surface area contributed by atoms with Crippen molar-refractivity contribution in [1.82, 2.24) is 15.2 Å². The number of piperidine rings is 1. The summed E-state index contributed by atoms with van der Waals surface area (Å²) < 4.78 is 0. The zero-order valence-electron chi connectivity index (χ0n) is 17.6. The fraction of sp³-hybridized carbons (Fsp3) is 0.348. The van der Waals surface area contributed by atoms with Gasteiger partial charge in [0.05, 0.1) is 17.7 Å². The van der Waals surface area contributed by atoms with Crippen LogP contribution in [0.15, 0.2) is 18.2 Å². The van der Waals surface area contributed by atoms with Gasteiger partial charge in [0.15, 0.2) is 0 Å². The third-order valence-electron chi connectivity index (χ3n) is 5.80. The summed E-state index contributed by atoms with van der Waals surface area (Å²) in [5.74, 6) is -0.115. The quantitative estimate of drug-likeness (QED) is 0.622. The molecule has 1 fully saturated rings. The van der Waals surface area contributed by atoms with Gasteiger partial charge in [0, 0.05) is 47.2 Å². The van der Waals surface area contributed by atoms with E-state index >= 15 is 0 Å². The van der Waals surface area contributed by atoms with Crippen LogP contribution in [0.3, 0.4) is 0 Å². The van der Waals surface area contributed by atoms with Crippen LogP contribution in [0, 0.1) is 13.8 Å². The molecule has 0 radical (unpaired) electrons. The molecule has 0 bridgehead atoms. The van der Waals surface area contributed by atoms with Gasteiger partial charge in [-0.2, -0.15) is 0 Å². The van der Waals surface area contributed by atoms with Gasteiger partial charge in [0.25, 0.3) is 11.8 Å². The molecule has 162 valence electrons. The number of hydrogen-bond donors (Lipinski definition) is 3. The highest BCUT2D eigenvalue weighted by molar-refractivity contribution is 6.36. The number of aromatic nitrogens is 1. The smallest absolute Gasteiger partial charge is 0.256 e. The van der Waals surface area contributed by atoms with Crippen molar-refractivity contribution in [3.8, 4) is 0 Å². The number of likely N-dealkylation sites (tertiary alicyclic amines) is 1. The normalized spacial score (nSPS) is 17.7. The Hall–Kier alpha value is -2.90. The second-order valence-electron chi connectivity index (χ2n) is 8.04. The summed E-state index contributed by atoms with van der Waals surface area (Å²) in [6.45, 7) is 6.17. The van der Waals surface area contributed by atoms with Crippen molar-refractivity contribution < 1.29 is 14.4 Å². The first-order chi connectivity index (χ1) is 14.8. The van der Waals surface area contributed by atoms with Gasteiger partial charge in [-0.15, -0.1) is 0 Å². The van der Waals surface area contributed by atoms with E-state index in [-0.39, 0.29) is 17.6 Å². The number of H-pyrrole nitrogens is 1. The van der Waals surface area contributed by atoms with E-state index in [1.807, 2.05) is 13.8 Å². The summed E-state index contributed by atoms with van der Waals surface area (Å²) in [4.78, 5) is 42.1. The van der Waals surface area contributed by atoms with Gasteiger partial charge >= 0.3 is 0 Å². The molecule has 1 saturated heterocycles. The van der Waals surface area contributed by atoms with Crippen LogP contribution in [0.1, 0.15) is 45.7 Å². The summed E-state index contributed by atoms with van der Waals surface area (Å²) in [6.07, 6.45) is 3.29. The number of benzene rings is 1. The standard InChI is InChI=1S/C23H25ClN4O3/c1-13-20(11-18-17-10-15(24)5-6-19(17)27-22(18)30)26-14(2)21(13)23(31)25-7-9-28-8-3-4-16(29)12-28/h5-6,10-11,26H,3-4,7-9,12H2,1-2H3,(H,25,31)(H,27,30)/b18-11-. The number of ketones is 1. The molecule has 2 aliphatic heterocycles. The van der Waals surface area contributed by atoms with E-state index < -0.39 is 0 Å². The topological polar surface area (TPSA) is 94.3 Å². The lowest BCUT2D eigenvalue weighted by atomic mass is 10.0. The molecule has 31 heavy (non-hydrogen) atoms. The van der Waals surface area contributed by atoms with Crippen LogP contribution in [0.5, 0.6) is 0 Å². The average molecular weight is 441 g/mol. The van der Waals surface area contributed by atoms with Gasteiger partial charge in [0.2, 0.25) is 0 Å². The zero-order chi connectivity index (χ0) is 22.1. The molecule has 4 rings (SSSR count). The Morgan fingerprint density at radius 1 is 1.29 bits per heavy atom. The molecule has 0 unspecified atom stereocenters. The molecule has 0 spiro atoms. The van der Waals surface area contributed by atoms with Gasteiger partial charge < -0.3 is 15.6 Å². The summed E-state index contributed by atoms with van der Waals surface area (Å²) in [5.41, 5.74) is 4.76. The SMILES string of the molecule is Cc1[nH]c(/C=C2\C(=O)Nc3ccc(Cl)cc32)c(C)c1C(=O)NCCN1CCCC(=O)C1. The Bertz CT molecular complexity index is 1100. The van der Waals surface area contributed by atoms with Crippen LogP contribution in [-0.2, 0) is 9.59 Å². The van der Waals surface area contributed by atoms with Crippen LogP contribution >= 0.6 is 11.6 Å². The monoisotopic (exact) mass is 440 g/mol. The van der Waals surface area contributed by atoms with Gasteiger partial charge in [0.1, 0.15) is 5.78 Å². The highest BCUT2D eigenvalue weighted by atomic mass is 35.5. The molecular weight excluding hydrogens is 416 g/mol. The van der Waals surface area contributed by atoms with E-state index in [1.54, 1.807) is 24.3 Å². The van der Waals surface area contributed by atoms with Gasteiger partial charge in [-0.1, -0.05) is 11.6 Å². The number of anilines is 1. The molecule has 0 saturated carbocycles. The summed E-state index contributed by atoms with van der Waals surface area (Å²) in [6, 6.07) is 5.26. The minimum absolute atomic E-state index is 0.168. The Kier molecular flexibility index (Phi) is 5.98. The maximum Gasteiger partial charge on any atom is 0.256 e. The lowest BCUT2D eigenvalue weighted by Gasteiger charge is -2.25. The molecule has 0 aliphatic carbocycles. The first kappa shape index (κ1) is 21.3. The number of carbonyl (C=O) groups excluding carboxylic acids is 3. The minimum atomic E-state index is -0.203. The van der Waals surface area contributed by atoms with E-state index in [4.69, 9.17) is 11.6 Å². The van der Waals surface area contributed by atoms with E-state index in [1.165, 1.54) is 0 Å². The lowest BCUT2D eigenvalue weighted by Crippen LogP contribution is -2.41. The molecular formula is C23H25ClN4O3. The molecule has 0 atom stereocenters. The Balaban J connectivity index is 1.50. The number of Topliss-reactive ketones (excluding diaryl/α,β-unsaturated/α-hetero) is 1. The highest BCUT2D eigenvalue weighted by Gasteiger charge is 2.26. The molecule has 2 aromatic rings. The lowest BCUT2D eigenvalue weighted by molar-refractivity contribution is -0.122. The number of amides is 2. The van der Waals surface area contributed by atoms with Gasteiger partial charge in [-0.05, 0) is 56.7 Å². The third-order valence-corrected chi connectivity index (χ3v) is 6.04. The first-order valence-electron chi connectivity index (χ1n) is 10.4. The number of aryl methyl sites for hydroxylation is 1. The fourth-order valence-electron chi connectivity index (χ4n) is 4.22. The van der Waals surface area contributed by atoms with Crippen LogP contribution < -0.4 is 10.6 Å². The number of nitrogens with zero attached hydrogens (tertiary/aromatic N) is 1. The number of halogens is 1. The van der Waals surface area contributed by atoms with Crippen molar-refractivity contribution in [3.63, 3.8) is 0 Å². The van der Waals surface area contributed by atoms with E-state index in [9.17, 15) is 14.4 Å². The largest absolute Gasteiger partial charge is 0.358 e. The van der Waals surface area contributed by atoms with Crippen LogP contribution in [0.25, 0.3) is 11.6 Å². The zero-order valence-corrected chi connectivity index (χ0v) is 18.4. The molecule has 7 nitrogen and oxygen atoms in total. The second kappa shape index (κ2) is 8.69. The van der Waals surface area contributed by atoms with Crippen molar-refractivity contribution in [3.05, 3.63) is 51.3 Å². The predicted molar refractivity (Wildman–Crippen MR) is 121 cm³/mol. The third kappa shape index (κ3) is 4.43. The molecule has 3 N–H and O–H groups in total. The Morgan fingerprint density at radius 3 is 2.87 bits per heavy atom. The predicted octanol–water partition coefficient (Wildman–Crippen LogP) is 3.17. The van der Waals surface area contributed by atoms with Crippen molar-refractivity contribution >= 4 is 46.5 Å². The maximum absolute atomic E-state index is 12.8. The summed E-state index contributed by atoms with van der Waals surface area (Å²) in [5, 5.41) is 6.34. The van der Waals surface area contributed by atoms with E-state index in [2.05, 4.69) is 20.5 Å². The van der Waals surface area contributed by atoms with Crippen molar-refractivity contribution in [2.24, 2.45) is 0 Å². The highest BCUT2D eigenvalue weighted by Crippen LogP contribution is 2.35. The number of aromatic amines is 1.